The van der Waals surface area contributed by atoms with Crippen molar-refractivity contribution < 1.29 is 13.2 Å². The third kappa shape index (κ3) is 1.89. The van der Waals surface area contributed by atoms with E-state index in [-0.39, 0.29) is 29.5 Å². The normalized spacial score (nSPS) is 24.2. The Morgan fingerprint density at radius 1 is 1.60 bits per heavy atom. The molecular formula is C7H12N4O3S. The van der Waals surface area contributed by atoms with Crippen molar-refractivity contribution in [3.05, 3.63) is 0 Å². The van der Waals surface area contributed by atoms with E-state index in [2.05, 4.69) is 10.1 Å². The van der Waals surface area contributed by atoms with Gasteiger partial charge in [-0.2, -0.15) is 4.98 Å². The molecule has 2 rings (SSSR count). The van der Waals surface area contributed by atoms with Crippen LogP contribution in [0.4, 0.5) is 5.95 Å². The highest BCUT2D eigenvalue weighted by Crippen LogP contribution is 2.25. The van der Waals surface area contributed by atoms with Crippen LogP contribution in [0.5, 0.6) is 6.01 Å². The number of methoxy groups -OCH3 is 1. The smallest absolute Gasteiger partial charge is 0.337 e. The van der Waals surface area contributed by atoms with Crippen LogP contribution >= 0.6 is 0 Å². The predicted molar refractivity (Wildman–Crippen MR) is 53.3 cm³/mol. The molecule has 1 atom stereocenters. The Morgan fingerprint density at radius 3 is 2.80 bits per heavy atom. The summed E-state index contributed by atoms with van der Waals surface area (Å²) in [5, 5.41) is 3.97. The van der Waals surface area contributed by atoms with Gasteiger partial charge in [0.05, 0.1) is 24.7 Å². The molecule has 8 heteroatoms. The lowest BCUT2D eigenvalue weighted by Gasteiger charge is -2.07. The molecule has 7 nitrogen and oxygen atoms in total. The van der Waals surface area contributed by atoms with E-state index in [0.29, 0.717) is 6.42 Å². The van der Waals surface area contributed by atoms with Crippen molar-refractivity contribution in [3.63, 3.8) is 0 Å². The minimum Gasteiger partial charge on any atom is -0.466 e. The van der Waals surface area contributed by atoms with Gasteiger partial charge in [-0.15, -0.1) is 5.10 Å². The van der Waals surface area contributed by atoms with Crippen LogP contribution in [-0.2, 0) is 9.84 Å². The molecule has 0 radical (unpaired) electrons. The summed E-state index contributed by atoms with van der Waals surface area (Å²) in [6.07, 6.45) is 0.527. The Morgan fingerprint density at radius 2 is 2.33 bits per heavy atom. The van der Waals surface area contributed by atoms with Gasteiger partial charge in [0, 0.05) is 0 Å². The Kier molecular flexibility index (Phi) is 2.29. The average Bonchev–Trinajstić information content (AvgIpc) is 2.69. The van der Waals surface area contributed by atoms with Crippen LogP contribution in [0, 0.1) is 0 Å². The van der Waals surface area contributed by atoms with Crippen LogP contribution in [-0.4, -0.2) is 41.8 Å². The van der Waals surface area contributed by atoms with E-state index in [9.17, 15) is 8.42 Å². The van der Waals surface area contributed by atoms with Gasteiger partial charge in [-0.1, -0.05) is 0 Å². The SMILES string of the molecule is COc1nc(N)n(C2CCS(=O)(=O)C2)n1. The number of anilines is 1. The van der Waals surface area contributed by atoms with Crippen molar-refractivity contribution in [1.29, 1.82) is 0 Å². The van der Waals surface area contributed by atoms with Crippen LogP contribution in [0.3, 0.4) is 0 Å². The second-order valence-electron chi connectivity index (χ2n) is 3.46. The number of rotatable bonds is 2. The van der Waals surface area contributed by atoms with E-state index in [1.54, 1.807) is 0 Å². The third-order valence-corrected chi connectivity index (χ3v) is 4.13. The molecule has 1 aromatic heterocycles. The summed E-state index contributed by atoms with van der Waals surface area (Å²) in [6.45, 7) is 0. The maximum absolute atomic E-state index is 11.3. The number of aromatic nitrogens is 3. The van der Waals surface area contributed by atoms with Gasteiger partial charge < -0.3 is 10.5 Å². The number of sulfone groups is 1. The first kappa shape index (κ1) is 10.2. The molecule has 0 spiro atoms. The van der Waals surface area contributed by atoms with Crippen molar-refractivity contribution in [2.45, 2.75) is 12.5 Å². The molecule has 1 aromatic rings. The van der Waals surface area contributed by atoms with Crippen molar-refractivity contribution in [1.82, 2.24) is 14.8 Å². The minimum absolute atomic E-state index is 0.0731. The highest BCUT2D eigenvalue weighted by Gasteiger charge is 2.31. The van der Waals surface area contributed by atoms with Gasteiger partial charge in [-0.3, -0.25) is 0 Å². The average molecular weight is 232 g/mol. The van der Waals surface area contributed by atoms with E-state index in [0.717, 1.165) is 0 Å². The summed E-state index contributed by atoms with van der Waals surface area (Å²) < 4.78 is 28.8. The summed E-state index contributed by atoms with van der Waals surface area (Å²) in [7, 11) is -1.51. The topological polar surface area (TPSA) is 100 Å². The monoisotopic (exact) mass is 232 g/mol. The molecule has 1 unspecified atom stereocenters. The highest BCUT2D eigenvalue weighted by molar-refractivity contribution is 7.91. The molecule has 1 saturated heterocycles. The van der Waals surface area contributed by atoms with Gasteiger partial charge in [0.2, 0.25) is 5.95 Å². The molecule has 0 bridgehead atoms. The standard InChI is InChI=1S/C7H12N4O3S/c1-14-7-9-6(8)11(10-7)5-2-3-15(12,13)4-5/h5H,2-4H2,1H3,(H2,8,9,10). The Hall–Kier alpha value is -1.31. The molecule has 0 aliphatic carbocycles. The number of nitrogens with zero attached hydrogens (tertiary/aromatic N) is 3. The molecule has 1 aliphatic heterocycles. The fourth-order valence-corrected chi connectivity index (χ4v) is 3.33. The summed E-state index contributed by atoms with van der Waals surface area (Å²) in [5.41, 5.74) is 5.60. The second kappa shape index (κ2) is 3.37. The molecule has 2 heterocycles. The van der Waals surface area contributed by atoms with Gasteiger partial charge in [-0.25, -0.2) is 13.1 Å². The van der Waals surface area contributed by atoms with Crippen molar-refractivity contribution in [2.75, 3.05) is 24.3 Å². The maximum Gasteiger partial charge on any atom is 0.337 e. The molecule has 1 fully saturated rings. The summed E-state index contributed by atoms with van der Waals surface area (Å²) in [6, 6.07) is -0.0526. The fraction of sp³-hybridized carbons (Fsp3) is 0.714. The van der Waals surface area contributed by atoms with Crippen LogP contribution in [0.1, 0.15) is 12.5 Å². The first-order chi connectivity index (χ1) is 7.02. The molecule has 15 heavy (non-hydrogen) atoms. The van der Waals surface area contributed by atoms with E-state index in [1.807, 2.05) is 0 Å². The zero-order chi connectivity index (χ0) is 11.1. The quantitative estimate of drug-likeness (QED) is 0.718. The Balaban J connectivity index is 2.27. The minimum atomic E-state index is -2.94. The van der Waals surface area contributed by atoms with Crippen molar-refractivity contribution in [2.24, 2.45) is 0 Å². The lowest BCUT2D eigenvalue weighted by Crippen LogP contribution is -2.14. The molecule has 0 saturated carbocycles. The lowest BCUT2D eigenvalue weighted by atomic mass is 10.3. The highest BCUT2D eigenvalue weighted by atomic mass is 32.2. The number of nitrogens with two attached hydrogens (primary N) is 1. The molecule has 1 aliphatic rings. The summed E-state index contributed by atoms with van der Waals surface area (Å²) >= 11 is 0. The van der Waals surface area contributed by atoms with E-state index in [4.69, 9.17) is 10.5 Å². The first-order valence-corrected chi connectivity index (χ1v) is 6.30. The largest absolute Gasteiger partial charge is 0.466 e. The number of hydrogen-bond donors (Lipinski definition) is 1. The van der Waals surface area contributed by atoms with Crippen LogP contribution < -0.4 is 10.5 Å². The zero-order valence-corrected chi connectivity index (χ0v) is 9.07. The maximum atomic E-state index is 11.3. The van der Waals surface area contributed by atoms with Gasteiger partial charge >= 0.3 is 6.01 Å². The predicted octanol–water partition coefficient (Wildman–Crippen LogP) is -0.771. The molecule has 0 aromatic carbocycles. The molecular weight excluding hydrogens is 220 g/mol. The van der Waals surface area contributed by atoms with Crippen molar-refractivity contribution >= 4 is 15.8 Å². The second-order valence-corrected chi connectivity index (χ2v) is 5.69. The molecule has 84 valence electrons. The van der Waals surface area contributed by atoms with Gasteiger partial charge in [-0.05, 0) is 6.42 Å². The summed E-state index contributed by atoms with van der Waals surface area (Å²) in [4.78, 5) is 3.83. The van der Waals surface area contributed by atoms with Gasteiger partial charge in [0.25, 0.3) is 0 Å². The fourth-order valence-electron chi connectivity index (χ4n) is 1.64. The van der Waals surface area contributed by atoms with Crippen LogP contribution in [0.2, 0.25) is 0 Å². The van der Waals surface area contributed by atoms with E-state index >= 15 is 0 Å². The first-order valence-electron chi connectivity index (χ1n) is 4.48. The van der Waals surface area contributed by atoms with Gasteiger partial charge in [0.15, 0.2) is 9.84 Å². The van der Waals surface area contributed by atoms with Crippen LogP contribution in [0.15, 0.2) is 0 Å². The summed E-state index contributed by atoms with van der Waals surface area (Å²) in [5.74, 6) is 0.442. The number of hydrogen-bond acceptors (Lipinski definition) is 6. The lowest BCUT2D eigenvalue weighted by molar-refractivity contribution is 0.370. The van der Waals surface area contributed by atoms with Crippen LogP contribution in [0.25, 0.3) is 0 Å². The van der Waals surface area contributed by atoms with Gasteiger partial charge in [0.1, 0.15) is 0 Å². The number of ether oxygens (including phenoxy) is 1. The zero-order valence-electron chi connectivity index (χ0n) is 8.25. The Bertz CT molecular complexity index is 467. The number of nitrogen functional groups attached to an aromatic ring is 1. The van der Waals surface area contributed by atoms with Crippen molar-refractivity contribution in [3.8, 4) is 6.01 Å². The van der Waals surface area contributed by atoms with E-state index in [1.165, 1.54) is 11.8 Å². The molecule has 2 N–H and O–H groups in total. The Labute approximate surface area is 87.2 Å². The third-order valence-electron chi connectivity index (χ3n) is 2.38. The molecule has 0 amide bonds. The van der Waals surface area contributed by atoms with E-state index < -0.39 is 9.84 Å².